The van der Waals surface area contributed by atoms with Crippen molar-refractivity contribution < 1.29 is 11.5 Å². The molecular formula is C16H22N4+2. The first-order valence-corrected chi connectivity index (χ1v) is 7.00. The molecule has 4 nitrogen and oxygen atoms in total. The van der Waals surface area contributed by atoms with Gasteiger partial charge in [0.15, 0.2) is 0 Å². The van der Waals surface area contributed by atoms with Crippen molar-refractivity contribution in [3.05, 3.63) is 59.7 Å². The summed E-state index contributed by atoms with van der Waals surface area (Å²) in [6.07, 6.45) is 2.01. The fraction of sp³-hybridized carbons (Fsp3) is 0.250. The summed E-state index contributed by atoms with van der Waals surface area (Å²) < 4.78 is 0. The van der Waals surface area contributed by atoms with Gasteiger partial charge in [0.25, 0.3) is 0 Å². The summed E-state index contributed by atoms with van der Waals surface area (Å²) in [5.41, 5.74) is 12.0. The predicted molar refractivity (Wildman–Crippen MR) is 80.0 cm³/mol. The first-order valence-electron chi connectivity index (χ1n) is 7.00. The summed E-state index contributed by atoms with van der Waals surface area (Å²) in [6, 6.07) is 16.3. The van der Waals surface area contributed by atoms with E-state index >= 15 is 0 Å². The van der Waals surface area contributed by atoms with Crippen LogP contribution in [0, 0.1) is 0 Å². The molecule has 0 aliphatic heterocycles. The Balaban J connectivity index is 2.01. The summed E-state index contributed by atoms with van der Waals surface area (Å²) >= 11 is 0. The van der Waals surface area contributed by atoms with Gasteiger partial charge in [-0.2, -0.15) is 10.2 Å². The van der Waals surface area contributed by atoms with Crippen molar-refractivity contribution in [3.8, 4) is 0 Å². The third kappa shape index (κ3) is 4.26. The zero-order chi connectivity index (χ0) is 14.2. The average molecular weight is 270 g/mol. The van der Waals surface area contributed by atoms with Gasteiger partial charge in [0, 0.05) is 12.8 Å². The van der Waals surface area contributed by atoms with Crippen LogP contribution in [0.1, 0.15) is 11.1 Å². The van der Waals surface area contributed by atoms with Crippen LogP contribution in [0.3, 0.4) is 0 Å². The molecule has 0 fully saturated rings. The lowest BCUT2D eigenvalue weighted by Gasteiger charge is -1.99. The molecule has 104 valence electrons. The molecule has 0 aliphatic rings. The van der Waals surface area contributed by atoms with E-state index in [0.29, 0.717) is 0 Å². The monoisotopic (exact) mass is 270 g/mol. The Hall–Kier alpha value is -2.04. The topological polar surface area (TPSA) is 80.0 Å². The maximum atomic E-state index is 4.25. The summed E-state index contributed by atoms with van der Waals surface area (Å²) in [5.74, 6) is 0. The molecule has 0 saturated carbocycles. The van der Waals surface area contributed by atoms with E-state index in [-0.39, 0.29) is 0 Å². The van der Waals surface area contributed by atoms with Crippen LogP contribution in [0.15, 0.2) is 58.8 Å². The number of hydrogen-bond acceptors (Lipinski definition) is 2. The van der Waals surface area contributed by atoms with Crippen LogP contribution in [0.4, 0.5) is 11.4 Å². The van der Waals surface area contributed by atoms with Crippen molar-refractivity contribution in [2.45, 2.75) is 12.8 Å². The minimum atomic E-state index is 0.875. The first kappa shape index (κ1) is 14.4. The number of benzene rings is 2. The fourth-order valence-corrected chi connectivity index (χ4v) is 1.98. The van der Waals surface area contributed by atoms with E-state index in [9.17, 15) is 0 Å². The highest BCUT2D eigenvalue weighted by molar-refractivity contribution is 5.42. The molecule has 0 aliphatic carbocycles. The van der Waals surface area contributed by atoms with Crippen molar-refractivity contribution >= 4 is 11.4 Å². The second-order valence-corrected chi connectivity index (χ2v) is 4.74. The Morgan fingerprint density at radius 2 is 0.950 bits per heavy atom. The summed E-state index contributed by atoms with van der Waals surface area (Å²) in [5, 5.41) is 8.50. The van der Waals surface area contributed by atoms with Gasteiger partial charge < -0.3 is 11.5 Å². The van der Waals surface area contributed by atoms with Gasteiger partial charge >= 0.3 is 0 Å². The van der Waals surface area contributed by atoms with Gasteiger partial charge in [-0.15, -0.1) is 0 Å². The molecule has 0 heterocycles. The van der Waals surface area contributed by atoms with E-state index < -0.39 is 0 Å². The molecule has 2 aromatic carbocycles. The number of hydrogen-bond donors (Lipinski definition) is 2. The highest BCUT2D eigenvalue weighted by Crippen LogP contribution is 2.19. The average Bonchev–Trinajstić information content (AvgIpc) is 2.49. The second-order valence-electron chi connectivity index (χ2n) is 4.74. The number of azo groups is 1. The van der Waals surface area contributed by atoms with Crippen molar-refractivity contribution in [2.75, 3.05) is 13.1 Å². The Morgan fingerprint density at radius 3 is 1.25 bits per heavy atom. The Morgan fingerprint density at radius 1 is 0.600 bits per heavy atom. The lowest BCUT2D eigenvalue weighted by Crippen LogP contribution is -2.51. The molecule has 0 radical (unpaired) electrons. The molecule has 2 rings (SSSR count). The normalized spacial score (nSPS) is 11.1. The van der Waals surface area contributed by atoms with Crippen molar-refractivity contribution in [3.63, 3.8) is 0 Å². The van der Waals surface area contributed by atoms with E-state index in [0.717, 1.165) is 37.3 Å². The molecule has 2 aromatic rings. The van der Waals surface area contributed by atoms with Crippen LogP contribution in [0.2, 0.25) is 0 Å². The number of nitrogens with zero attached hydrogens (tertiary/aromatic N) is 2. The van der Waals surface area contributed by atoms with Gasteiger partial charge in [-0.1, -0.05) is 24.3 Å². The Labute approximate surface area is 119 Å². The summed E-state index contributed by atoms with van der Waals surface area (Å²) in [4.78, 5) is 0. The molecule has 0 atom stereocenters. The lowest BCUT2D eigenvalue weighted by atomic mass is 10.1. The Bertz CT molecular complexity index is 492. The predicted octanol–water partition coefficient (Wildman–Crippen LogP) is 1.67. The van der Waals surface area contributed by atoms with Crippen LogP contribution in [-0.2, 0) is 12.8 Å². The van der Waals surface area contributed by atoms with Crippen LogP contribution < -0.4 is 11.5 Å². The molecule has 0 aromatic heterocycles. The van der Waals surface area contributed by atoms with Gasteiger partial charge in [0.2, 0.25) is 0 Å². The first-order chi connectivity index (χ1) is 9.81. The molecule has 0 saturated heterocycles. The molecule has 0 spiro atoms. The van der Waals surface area contributed by atoms with E-state index in [1.54, 1.807) is 0 Å². The van der Waals surface area contributed by atoms with Gasteiger partial charge in [0.1, 0.15) is 0 Å². The maximum absolute atomic E-state index is 4.25. The largest absolute Gasteiger partial charge is 0.357 e. The fourth-order valence-electron chi connectivity index (χ4n) is 1.98. The van der Waals surface area contributed by atoms with Gasteiger partial charge in [-0.25, -0.2) is 0 Å². The van der Waals surface area contributed by atoms with Crippen LogP contribution in [-0.4, -0.2) is 13.1 Å². The molecular weight excluding hydrogens is 248 g/mol. The van der Waals surface area contributed by atoms with Crippen LogP contribution in [0.25, 0.3) is 0 Å². The summed E-state index contributed by atoms with van der Waals surface area (Å²) in [6.45, 7) is 1.83. The minimum Gasteiger partial charge on any atom is -0.357 e. The molecule has 0 bridgehead atoms. The van der Waals surface area contributed by atoms with Crippen LogP contribution >= 0.6 is 0 Å². The maximum Gasteiger partial charge on any atom is 0.0857 e. The minimum absolute atomic E-state index is 0.875. The van der Waals surface area contributed by atoms with E-state index in [1.807, 2.05) is 24.3 Å². The smallest absolute Gasteiger partial charge is 0.0857 e. The zero-order valence-corrected chi connectivity index (χ0v) is 11.8. The molecule has 0 unspecified atom stereocenters. The Kier molecular flexibility index (Phi) is 5.41. The molecule has 6 N–H and O–H groups in total. The second kappa shape index (κ2) is 7.53. The van der Waals surface area contributed by atoms with Crippen molar-refractivity contribution in [2.24, 2.45) is 10.2 Å². The third-order valence-corrected chi connectivity index (χ3v) is 3.08. The SMILES string of the molecule is [NH3+]CCc1ccc(N=Nc2ccc(CC[NH3+])cc2)cc1. The van der Waals surface area contributed by atoms with Gasteiger partial charge in [-0.3, -0.25) is 0 Å². The lowest BCUT2D eigenvalue weighted by molar-refractivity contribution is -0.367. The molecule has 4 heteroatoms. The van der Waals surface area contributed by atoms with Gasteiger partial charge in [0.05, 0.1) is 24.5 Å². The molecule has 20 heavy (non-hydrogen) atoms. The van der Waals surface area contributed by atoms with E-state index in [4.69, 9.17) is 0 Å². The third-order valence-electron chi connectivity index (χ3n) is 3.08. The number of quaternary nitrogens is 2. The zero-order valence-electron chi connectivity index (χ0n) is 11.8. The van der Waals surface area contributed by atoms with E-state index in [2.05, 4.69) is 46.0 Å². The molecule has 0 amide bonds. The van der Waals surface area contributed by atoms with Crippen LogP contribution in [0.5, 0.6) is 0 Å². The van der Waals surface area contributed by atoms with Crippen molar-refractivity contribution in [1.82, 2.24) is 0 Å². The highest BCUT2D eigenvalue weighted by atomic mass is 15.1. The number of rotatable bonds is 6. The quantitative estimate of drug-likeness (QED) is 0.749. The summed E-state index contributed by atoms with van der Waals surface area (Å²) in [7, 11) is 0. The highest BCUT2D eigenvalue weighted by Gasteiger charge is 1.95. The van der Waals surface area contributed by atoms with Crippen molar-refractivity contribution in [1.29, 1.82) is 0 Å². The van der Waals surface area contributed by atoms with E-state index in [1.165, 1.54) is 11.1 Å². The van der Waals surface area contributed by atoms with Gasteiger partial charge in [-0.05, 0) is 35.4 Å². The standard InChI is InChI=1S/C16H20N4/c17-11-9-13-1-5-15(6-2-13)19-20-16-7-3-14(4-8-16)10-12-18/h1-8H,9-12,17-18H2/p+2.